The molecule has 0 aromatic carbocycles. The molecule has 0 unspecified atom stereocenters. The Bertz CT molecular complexity index is 563. The maximum atomic E-state index is 10.2. The quantitative estimate of drug-likeness (QED) is 0.266. The number of aliphatic hydroxyl groups excluding tert-OH is 1. The molecule has 0 amide bonds. The molecular formula is C25H52O4Si2. The van der Waals surface area contributed by atoms with E-state index in [0.717, 1.165) is 19.3 Å². The minimum Gasteiger partial charge on any atom is -0.414 e. The van der Waals surface area contributed by atoms with Gasteiger partial charge in [-0.3, -0.25) is 0 Å². The van der Waals surface area contributed by atoms with E-state index in [4.69, 9.17) is 13.6 Å². The zero-order valence-electron chi connectivity index (χ0n) is 22.4. The van der Waals surface area contributed by atoms with E-state index in [0.29, 0.717) is 12.5 Å². The maximum absolute atomic E-state index is 10.2. The third kappa shape index (κ3) is 7.51. The molecule has 31 heavy (non-hydrogen) atoms. The van der Waals surface area contributed by atoms with Crippen molar-refractivity contribution in [1.29, 1.82) is 0 Å². The van der Waals surface area contributed by atoms with Crippen molar-refractivity contribution in [1.82, 2.24) is 0 Å². The highest BCUT2D eigenvalue weighted by molar-refractivity contribution is 6.74. The van der Waals surface area contributed by atoms with E-state index in [9.17, 15) is 5.11 Å². The summed E-state index contributed by atoms with van der Waals surface area (Å²) in [4.78, 5) is 0. The summed E-state index contributed by atoms with van der Waals surface area (Å²) in [5.74, 6) is 0.510. The highest BCUT2D eigenvalue weighted by atomic mass is 28.4. The summed E-state index contributed by atoms with van der Waals surface area (Å²) in [6.45, 7) is 29.7. The zero-order valence-corrected chi connectivity index (χ0v) is 24.4. The van der Waals surface area contributed by atoms with Crippen LogP contribution in [0.25, 0.3) is 0 Å². The lowest BCUT2D eigenvalue weighted by Gasteiger charge is -2.42. The molecule has 1 rings (SSSR count). The summed E-state index contributed by atoms with van der Waals surface area (Å²) in [6, 6.07) is 0. The summed E-state index contributed by atoms with van der Waals surface area (Å²) in [7, 11) is -3.86. The van der Waals surface area contributed by atoms with Gasteiger partial charge in [0.1, 0.15) is 0 Å². The summed E-state index contributed by atoms with van der Waals surface area (Å²) in [6.07, 6.45) is 4.67. The highest BCUT2D eigenvalue weighted by Gasteiger charge is 2.46. The van der Waals surface area contributed by atoms with Gasteiger partial charge in [0.15, 0.2) is 16.6 Å². The molecule has 0 bridgehead atoms. The van der Waals surface area contributed by atoms with Gasteiger partial charge in [-0.25, -0.2) is 0 Å². The van der Waals surface area contributed by atoms with E-state index in [1.807, 2.05) is 6.08 Å². The first-order valence-electron chi connectivity index (χ1n) is 12.2. The lowest BCUT2D eigenvalue weighted by Crippen LogP contribution is -2.49. The van der Waals surface area contributed by atoms with E-state index in [2.05, 4.69) is 81.2 Å². The van der Waals surface area contributed by atoms with Gasteiger partial charge in [-0.1, -0.05) is 61.0 Å². The smallest absolute Gasteiger partial charge is 0.192 e. The van der Waals surface area contributed by atoms with Crippen LogP contribution < -0.4 is 0 Å². The molecular weight excluding hydrogens is 420 g/mol. The zero-order chi connectivity index (χ0) is 24.3. The van der Waals surface area contributed by atoms with Crippen LogP contribution in [0.5, 0.6) is 0 Å². The van der Waals surface area contributed by atoms with E-state index in [1.165, 1.54) is 0 Å². The highest BCUT2D eigenvalue weighted by Crippen LogP contribution is 2.42. The third-order valence-corrected chi connectivity index (χ3v) is 17.2. The fourth-order valence-electron chi connectivity index (χ4n) is 3.94. The molecule has 1 heterocycles. The van der Waals surface area contributed by atoms with Crippen molar-refractivity contribution in [2.75, 3.05) is 13.2 Å². The van der Waals surface area contributed by atoms with Gasteiger partial charge in [0.05, 0.1) is 24.9 Å². The molecule has 1 aliphatic rings. The Balaban J connectivity index is 3.09. The Hall–Kier alpha value is 0.0138. The van der Waals surface area contributed by atoms with Crippen LogP contribution >= 0.6 is 0 Å². The molecule has 4 nitrogen and oxygen atoms in total. The monoisotopic (exact) mass is 472 g/mol. The summed E-state index contributed by atoms with van der Waals surface area (Å²) in [5, 5.41) is 10.5. The van der Waals surface area contributed by atoms with Crippen LogP contribution in [0.4, 0.5) is 0 Å². The van der Waals surface area contributed by atoms with E-state index in [-0.39, 0.29) is 40.9 Å². The lowest BCUT2D eigenvalue weighted by molar-refractivity contribution is -0.0128. The normalized spacial score (nSPS) is 26.8. The van der Waals surface area contributed by atoms with Crippen molar-refractivity contribution in [2.45, 2.75) is 122 Å². The average molecular weight is 473 g/mol. The number of hydrogen-bond donors (Lipinski definition) is 1. The molecule has 1 N–H and O–H groups in total. The van der Waals surface area contributed by atoms with Gasteiger partial charge in [0, 0.05) is 18.9 Å². The third-order valence-electron chi connectivity index (χ3n) is 8.13. The van der Waals surface area contributed by atoms with Crippen molar-refractivity contribution in [2.24, 2.45) is 11.8 Å². The first kappa shape index (κ1) is 29.0. The van der Waals surface area contributed by atoms with Gasteiger partial charge >= 0.3 is 0 Å². The second kappa shape index (κ2) is 11.0. The molecule has 0 aromatic rings. The van der Waals surface area contributed by atoms with Gasteiger partial charge in [-0.15, -0.1) is 6.58 Å². The number of rotatable bonds is 11. The standard InChI is InChI=1S/C25H52O4Si2/c1-13-15-22-20(14-2)21(17-26)23(28-22)16-19(29-31(11,12)25(6,7)8)18-27-30(9,10)24(3,4)5/h13,19-23,26H,1,14-18H2,2-12H3/t19-,20+,21+,22-,23+/m0/s1. The number of ether oxygens (including phenoxy) is 1. The second-order valence-corrected chi connectivity index (χ2v) is 22.0. The van der Waals surface area contributed by atoms with Crippen LogP contribution in [-0.2, 0) is 13.6 Å². The molecule has 0 radical (unpaired) electrons. The Kier molecular flexibility index (Phi) is 10.3. The topological polar surface area (TPSA) is 47.9 Å². The van der Waals surface area contributed by atoms with Gasteiger partial charge in [0.25, 0.3) is 0 Å². The summed E-state index contributed by atoms with van der Waals surface area (Å²) in [5.41, 5.74) is 0. The van der Waals surface area contributed by atoms with Gasteiger partial charge < -0.3 is 18.7 Å². The molecule has 1 saturated heterocycles. The fourth-order valence-corrected chi connectivity index (χ4v) is 6.33. The largest absolute Gasteiger partial charge is 0.414 e. The summed E-state index contributed by atoms with van der Waals surface area (Å²) >= 11 is 0. The predicted molar refractivity (Wildman–Crippen MR) is 138 cm³/mol. The molecule has 5 atom stereocenters. The van der Waals surface area contributed by atoms with Gasteiger partial charge in [0.2, 0.25) is 0 Å². The van der Waals surface area contributed by atoms with E-state index in [1.54, 1.807) is 0 Å². The first-order valence-corrected chi connectivity index (χ1v) is 18.0. The van der Waals surface area contributed by atoms with E-state index >= 15 is 0 Å². The Morgan fingerprint density at radius 2 is 1.52 bits per heavy atom. The molecule has 0 saturated carbocycles. The molecule has 0 spiro atoms. The Labute approximate surface area is 195 Å². The average Bonchev–Trinajstić information content (AvgIpc) is 2.93. The van der Waals surface area contributed by atoms with Gasteiger partial charge in [-0.05, 0) is 48.6 Å². The van der Waals surface area contributed by atoms with Crippen LogP contribution in [0.1, 0.15) is 67.7 Å². The SMILES string of the molecule is C=CC[C@@H]1O[C@H](C[C@@H](CO[Si](C)(C)C(C)(C)C)O[Si](C)(C)C(C)(C)C)[C@H](CO)[C@H]1CC. The molecule has 0 aliphatic carbocycles. The molecule has 1 aliphatic heterocycles. The van der Waals surface area contributed by atoms with Crippen LogP contribution in [0.3, 0.4) is 0 Å². The van der Waals surface area contributed by atoms with Crippen LogP contribution in [0.2, 0.25) is 36.3 Å². The molecule has 1 fully saturated rings. The Morgan fingerprint density at radius 1 is 0.968 bits per heavy atom. The van der Waals surface area contributed by atoms with Crippen molar-refractivity contribution < 1.29 is 18.7 Å². The lowest BCUT2D eigenvalue weighted by atomic mass is 9.83. The van der Waals surface area contributed by atoms with Crippen molar-refractivity contribution in [3.05, 3.63) is 12.7 Å². The van der Waals surface area contributed by atoms with Crippen LogP contribution in [0.15, 0.2) is 12.7 Å². The van der Waals surface area contributed by atoms with Crippen molar-refractivity contribution in [3.63, 3.8) is 0 Å². The van der Waals surface area contributed by atoms with Crippen molar-refractivity contribution in [3.8, 4) is 0 Å². The number of aliphatic hydroxyl groups is 1. The first-order chi connectivity index (χ1) is 14.0. The predicted octanol–water partition coefficient (Wildman–Crippen LogP) is 6.77. The minimum atomic E-state index is -1.97. The molecule has 0 aromatic heterocycles. The maximum Gasteiger partial charge on any atom is 0.192 e. The van der Waals surface area contributed by atoms with Gasteiger partial charge in [-0.2, -0.15) is 0 Å². The molecule has 6 heteroatoms. The Morgan fingerprint density at radius 3 is 1.94 bits per heavy atom. The minimum absolute atomic E-state index is 0.00214. The van der Waals surface area contributed by atoms with E-state index < -0.39 is 16.6 Å². The fraction of sp³-hybridized carbons (Fsp3) is 0.920. The van der Waals surface area contributed by atoms with Crippen molar-refractivity contribution >= 4 is 16.6 Å². The van der Waals surface area contributed by atoms with Crippen LogP contribution in [0, 0.1) is 11.8 Å². The second-order valence-electron chi connectivity index (χ2n) is 12.5. The number of hydrogen-bond acceptors (Lipinski definition) is 4. The van der Waals surface area contributed by atoms with Crippen LogP contribution in [-0.4, -0.2) is 53.3 Å². The molecule has 184 valence electrons. The summed E-state index contributed by atoms with van der Waals surface area (Å²) < 4.78 is 20.0.